The van der Waals surface area contributed by atoms with E-state index < -0.39 is 0 Å². The van der Waals surface area contributed by atoms with Crippen LogP contribution in [0.1, 0.15) is 38.5 Å². The third-order valence-corrected chi connectivity index (χ3v) is 5.29. The second-order valence-electron chi connectivity index (χ2n) is 5.37. The maximum atomic E-state index is 12.6. The number of unbranched alkanes of at least 4 members (excludes halogenated alkanes) is 1. The molecular formula is C16H24N2OS. The van der Waals surface area contributed by atoms with Crippen LogP contribution in [0.3, 0.4) is 0 Å². The number of nitrogens with one attached hydrogen (secondary N) is 1. The van der Waals surface area contributed by atoms with Crippen LogP contribution in [0.25, 0.3) is 0 Å². The van der Waals surface area contributed by atoms with E-state index in [0.29, 0.717) is 6.54 Å². The zero-order chi connectivity index (χ0) is 14.3. The van der Waals surface area contributed by atoms with Gasteiger partial charge in [-0.25, -0.2) is 0 Å². The summed E-state index contributed by atoms with van der Waals surface area (Å²) in [5.74, 6) is 0.209. The zero-order valence-corrected chi connectivity index (χ0v) is 12.8. The van der Waals surface area contributed by atoms with E-state index in [4.69, 9.17) is 5.73 Å². The summed E-state index contributed by atoms with van der Waals surface area (Å²) >= 11 is 1.73. The van der Waals surface area contributed by atoms with E-state index in [1.165, 1.54) is 4.90 Å². The van der Waals surface area contributed by atoms with Gasteiger partial charge in [-0.2, -0.15) is 0 Å². The Morgan fingerprint density at radius 2 is 1.90 bits per heavy atom. The molecular weight excluding hydrogens is 268 g/mol. The van der Waals surface area contributed by atoms with E-state index in [9.17, 15) is 4.79 Å². The lowest BCUT2D eigenvalue weighted by molar-refractivity contribution is -0.123. The molecule has 110 valence electrons. The molecule has 1 aliphatic rings. The average molecular weight is 292 g/mol. The fourth-order valence-corrected chi connectivity index (χ4v) is 4.07. The number of hydrogen-bond donors (Lipinski definition) is 2. The molecule has 1 amide bonds. The molecule has 1 aliphatic carbocycles. The number of rotatable bonds is 7. The number of carbonyl (C=O) groups excluding carboxylic acids is 1. The largest absolute Gasteiger partial charge is 0.355 e. The summed E-state index contributed by atoms with van der Waals surface area (Å²) in [6.45, 7) is 1.44. The summed E-state index contributed by atoms with van der Waals surface area (Å²) in [6, 6.07) is 10.3. The Morgan fingerprint density at radius 3 is 2.55 bits per heavy atom. The van der Waals surface area contributed by atoms with Crippen LogP contribution in [0.4, 0.5) is 0 Å². The van der Waals surface area contributed by atoms with Crippen molar-refractivity contribution in [3.05, 3.63) is 30.3 Å². The Labute approximate surface area is 125 Å². The van der Waals surface area contributed by atoms with E-state index >= 15 is 0 Å². The van der Waals surface area contributed by atoms with Crippen molar-refractivity contribution < 1.29 is 4.79 Å². The van der Waals surface area contributed by atoms with Crippen molar-refractivity contribution in [2.45, 2.75) is 48.2 Å². The highest BCUT2D eigenvalue weighted by atomic mass is 32.2. The molecule has 1 aromatic rings. The molecule has 0 spiro atoms. The van der Waals surface area contributed by atoms with Crippen molar-refractivity contribution in [2.24, 2.45) is 5.73 Å². The van der Waals surface area contributed by atoms with Crippen molar-refractivity contribution in [3.63, 3.8) is 0 Å². The van der Waals surface area contributed by atoms with Crippen molar-refractivity contribution >= 4 is 17.7 Å². The minimum atomic E-state index is -0.260. The van der Waals surface area contributed by atoms with Crippen LogP contribution in [0.15, 0.2) is 35.2 Å². The molecule has 3 N–H and O–H groups in total. The quantitative estimate of drug-likeness (QED) is 0.760. The normalized spacial score (nSPS) is 17.1. The molecule has 1 aromatic carbocycles. The van der Waals surface area contributed by atoms with Crippen molar-refractivity contribution in [1.29, 1.82) is 0 Å². The van der Waals surface area contributed by atoms with E-state index in [-0.39, 0.29) is 10.7 Å². The van der Waals surface area contributed by atoms with Gasteiger partial charge in [0.2, 0.25) is 5.91 Å². The summed E-state index contributed by atoms with van der Waals surface area (Å²) in [4.78, 5) is 13.8. The number of thioether (sulfide) groups is 1. The molecule has 0 saturated heterocycles. The number of hydrogen-bond acceptors (Lipinski definition) is 3. The van der Waals surface area contributed by atoms with E-state index in [2.05, 4.69) is 17.4 Å². The molecule has 0 heterocycles. The minimum absolute atomic E-state index is 0.209. The lowest BCUT2D eigenvalue weighted by Gasteiger charge is -2.27. The highest BCUT2D eigenvalue weighted by Gasteiger charge is 2.41. The summed E-state index contributed by atoms with van der Waals surface area (Å²) in [6.07, 6.45) is 6.20. The SMILES string of the molecule is NCCCCNC(=O)C1(Sc2ccccc2)CCCC1. The van der Waals surface area contributed by atoms with Crippen LogP contribution in [-0.2, 0) is 4.79 Å². The first-order chi connectivity index (χ1) is 9.77. The van der Waals surface area contributed by atoms with E-state index in [1.807, 2.05) is 18.2 Å². The van der Waals surface area contributed by atoms with Gasteiger partial charge < -0.3 is 11.1 Å². The number of nitrogens with two attached hydrogens (primary N) is 1. The third kappa shape index (κ3) is 4.00. The van der Waals surface area contributed by atoms with Crippen molar-refractivity contribution in [2.75, 3.05) is 13.1 Å². The zero-order valence-electron chi connectivity index (χ0n) is 11.9. The van der Waals surface area contributed by atoms with E-state index in [0.717, 1.165) is 45.1 Å². The average Bonchev–Trinajstić information content (AvgIpc) is 2.94. The van der Waals surface area contributed by atoms with Crippen LogP contribution < -0.4 is 11.1 Å². The Hall–Kier alpha value is -1.00. The molecule has 0 aliphatic heterocycles. The molecule has 0 atom stereocenters. The highest BCUT2D eigenvalue weighted by molar-refractivity contribution is 8.01. The Bertz CT molecular complexity index is 416. The second kappa shape index (κ2) is 7.70. The molecule has 2 rings (SSSR count). The number of benzene rings is 1. The van der Waals surface area contributed by atoms with Gasteiger partial charge >= 0.3 is 0 Å². The second-order valence-corrected chi connectivity index (χ2v) is 6.83. The molecule has 20 heavy (non-hydrogen) atoms. The van der Waals surface area contributed by atoms with Crippen LogP contribution in [0, 0.1) is 0 Å². The van der Waals surface area contributed by atoms with Gasteiger partial charge in [-0.3, -0.25) is 4.79 Å². The molecule has 0 unspecified atom stereocenters. The van der Waals surface area contributed by atoms with Gasteiger partial charge in [0.15, 0.2) is 0 Å². The Kier molecular flexibility index (Phi) is 5.92. The monoisotopic (exact) mass is 292 g/mol. The van der Waals surface area contributed by atoms with Crippen LogP contribution in [-0.4, -0.2) is 23.7 Å². The predicted molar refractivity (Wildman–Crippen MR) is 84.8 cm³/mol. The van der Waals surface area contributed by atoms with Crippen molar-refractivity contribution in [3.8, 4) is 0 Å². The fraction of sp³-hybridized carbons (Fsp3) is 0.562. The topological polar surface area (TPSA) is 55.1 Å². The number of amides is 1. The van der Waals surface area contributed by atoms with Crippen LogP contribution in [0.5, 0.6) is 0 Å². The molecule has 4 heteroatoms. The van der Waals surface area contributed by atoms with Crippen LogP contribution in [0.2, 0.25) is 0 Å². The smallest absolute Gasteiger partial charge is 0.236 e. The maximum absolute atomic E-state index is 12.6. The summed E-state index contributed by atoms with van der Waals surface area (Å²) in [5.41, 5.74) is 5.48. The van der Waals surface area contributed by atoms with Gasteiger partial charge in [0.25, 0.3) is 0 Å². The van der Waals surface area contributed by atoms with Crippen molar-refractivity contribution in [1.82, 2.24) is 5.32 Å². The fourth-order valence-electron chi connectivity index (χ4n) is 2.67. The van der Waals surface area contributed by atoms with E-state index in [1.54, 1.807) is 11.8 Å². The van der Waals surface area contributed by atoms with Gasteiger partial charge in [-0.1, -0.05) is 31.0 Å². The first kappa shape index (κ1) is 15.4. The van der Waals surface area contributed by atoms with Gasteiger partial charge in [0.1, 0.15) is 0 Å². The molecule has 3 nitrogen and oxygen atoms in total. The highest BCUT2D eigenvalue weighted by Crippen LogP contribution is 2.45. The van der Waals surface area contributed by atoms with Gasteiger partial charge in [-0.05, 0) is 44.4 Å². The molecule has 0 bridgehead atoms. The first-order valence-electron chi connectivity index (χ1n) is 7.49. The molecule has 1 saturated carbocycles. The molecule has 0 aromatic heterocycles. The predicted octanol–water partition coefficient (Wildman–Crippen LogP) is 2.95. The van der Waals surface area contributed by atoms with Gasteiger partial charge in [0, 0.05) is 11.4 Å². The van der Waals surface area contributed by atoms with Gasteiger partial charge in [0.05, 0.1) is 4.75 Å². The first-order valence-corrected chi connectivity index (χ1v) is 8.31. The third-order valence-electron chi connectivity index (χ3n) is 3.80. The maximum Gasteiger partial charge on any atom is 0.236 e. The lowest BCUT2D eigenvalue weighted by atomic mass is 10.1. The number of carbonyl (C=O) groups is 1. The van der Waals surface area contributed by atoms with Gasteiger partial charge in [-0.15, -0.1) is 11.8 Å². The standard InChI is InChI=1S/C16H24N2OS/c17-12-6-7-13-18-15(19)16(10-4-5-11-16)20-14-8-2-1-3-9-14/h1-3,8-9H,4-7,10-13,17H2,(H,18,19). The summed E-state index contributed by atoms with van der Waals surface area (Å²) < 4.78 is -0.260. The summed E-state index contributed by atoms with van der Waals surface area (Å²) in [5, 5.41) is 3.11. The van der Waals surface area contributed by atoms with Crippen LogP contribution >= 0.6 is 11.8 Å². The summed E-state index contributed by atoms with van der Waals surface area (Å²) in [7, 11) is 0. The minimum Gasteiger partial charge on any atom is -0.355 e. The molecule has 0 radical (unpaired) electrons. The molecule has 1 fully saturated rings. The Morgan fingerprint density at radius 1 is 1.20 bits per heavy atom. The lowest BCUT2D eigenvalue weighted by Crippen LogP contribution is -2.42. The Balaban J connectivity index is 1.96.